The SMILES string of the molecule is CCCCC(=O)CCCN(CCNC(=O)CCCC(C)C)CCC(C)C. The van der Waals surface area contributed by atoms with E-state index in [1.807, 2.05) is 0 Å². The van der Waals surface area contributed by atoms with Crippen molar-refractivity contribution in [2.45, 2.75) is 92.4 Å². The van der Waals surface area contributed by atoms with E-state index in [0.717, 1.165) is 64.6 Å². The molecule has 0 unspecified atom stereocenters. The second-order valence-electron chi connectivity index (χ2n) is 8.41. The minimum absolute atomic E-state index is 0.171. The van der Waals surface area contributed by atoms with Crippen molar-refractivity contribution in [3.05, 3.63) is 0 Å². The molecular formula is C22H44N2O2. The summed E-state index contributed by atoms with van der Waals surface area (Å²) in [6, 6.07) is 0. The van der Waals surface area contributed by atoms with Crippen molar-refractivity contribution >= 4 is 11.7 Å². The highest BCUT2D eigenvalue weighted by atomic mass is 16.1. The molecule has 0 saturated carbocycles. The van der Waals surface area contributed by atoms with Crippen LogP contribution in [-0.2, 0) is 9.59 Å². The monoisotopic (exact) mass is 368 g/mol. The van der Waals surface area contributed by atoms with Crippen molar-refractivity contribution < 1.29 is 9.59 Å². The van der Waals surface area contributed by atoms with E-state index >= 15 is 0 Å². The Kier molecular flexibility index (Phi) is 15.7. The molecule has 0 aliphatic heterocycles. The van der Waals surface area contributed by atoms with Crippen molar-refractivity contribution in [3.8, 4) is 0 Å². The smallest absolute Gasteiger partial charge is 0.220 e. The molecule has 0 bridgehead atoms. The van der Waals surface area contributed by atoms with E-state index in [-0.39, 0.29) is 5.91 Å². The highest BCUT2D eigenvalue weighted by molar-refractivity contribution is 5.78. The minimum atomic E-state index is 0.171. The molecule has 0 fully saturated rings. The first-order valence-electron chi connectivity index (χ1n) is 10.9. The van der Waals surface area contributed by atoms with E-state index in [4.69, 9.17) is 0 Å². The zero-order valence-corrected chi connectivity index (χ0v) is 18.1. The molecule has 0 spiro atoms. The number of hydrogen-bond acceptors (Lipinski definition) is 3. The van der Waals surface area contributed by atoms with Crippen molar-refractivity contribution in [3.63, 3.8) is 0 Å². The highest BCUT2D eigenvalue weighted by Gasteiger charge is 2.09. The molecule has 0 aliphatic rings. The first-order chi connectivity index (χ1) is 12.3. The molecule has 26 heavy (non-hydrogen) atoms. The lowest BCUT2D eigenvalue weighted by Gasteiger charge is -2.23. The topological polar surface area (TPSA) is 49.4 Å². The Morgan fingerprint density at radius 3 is 2.08 bits per heavy atom. The van der Waals surface area contributed by atoms with E-state index in [2.05, 4.69) is 44.8 Å². The van der Waals surface area contributed by atoms with Gasteiger partial charge < -0.3 is 10.2 Å². The predicted octanol–water partition coefficient (Wildman–Crippen LogP) is 4.82. The van der Waals surface area contributed by atoms with Gasteiger partial charge in [-0.3, -0.25) is 9.59 Å². The van der Waals surface area contributed by atoms with Gasteiger partial charge in [-0.15, -0.1) is 0 Å². The standard InChI is InChI=1S/C22H44N2O2/c1-6-7-11-21(25)12-9-16-24(17-14-20(4)5)18-15-23-22(26)13-8-10-19(2)3/h19-20H,6-18H2,1-5H3,(H,23,26). The molecule has 1 N–H and O–H groups in total. The molecule has 0 saturated heterocycles. The summed E-state index contributed by atoms with van der Waals surface area (Å²) in [4.78, 5) is 26.1. The number of nitrogens with one attached hydrogen (secondary N) is 1. The predicted molar refractivity (Wildman–Crippen MR) is 111 cm³/mol. The largest absolute Gasteiger partial charge is 0.355 e. The average molecular weight is 369 g/mol. The quantitative estimate of drug-likeness (QED) is 0.400. The van der Waals surface area contributed by atoms with Gasteiger partial charge in [0.05, 0.1) is 0 Å². The van der Waals surface area contributed by atoms with E-state index in [1.54, 1.807) is 0 Å². The zero-order valence-electron chi connectivity index (χ0n) is 18.1. The van der Waals surface area contributed by atoms with E-state index in [9.17, 15) is 9.59 Å². The van der Waals surface area contributed by atoms with Crippen LogP contribution in [0.15, 0.2) is 0 Å². The summed E-state index contributed by atoms with van der Waals surface area (Å²) in [6.45, 7) is 14.6. The van der Waals surface area contributed by atoms with Crippen LogP contribution in [0.5, 0.6) is 0 Å². The number of nitrogens with zero attached hydrogens (tertiary/aromatic N) is 1. The van der Waals surface area contributed by atoms with E-state index in [0.29, 0.717) is 37.0 Å². The van der Waals surface area contributed by atoms with Crippen molar-refractivity contribution in [2.75, 3.05) is 26.2 Å². The zero-order chi connectivity index (χ0) is 19.8. The number of Topliss-reactive ketones (excluding diaryl/α,β-unsaturated/α-hetero) is 1. The summed E-state index contributed by atoms with van der Waals surface area (Å²) in [6.07, 6.45) is 8.34. The maximum atomic E-state index is 11.9. The lowest BCUT2D eigenvalue weighted by molar-refractivity contribution is -0.121. The van der Waals surface area contributed by atoms with Crippen molar-refractivity contribution in [2.24, 2.45) is 11.8 Å². The second-order valence-corrected chi connectivity index (χ2v) is 8.41. The summed E-state index contributed by atoms with van der Waals surface area (Å²) in [5.74, 6) is 1.90. The van der Waals surface area contributed by atoms with Crippen LogP contribution < -0.4 is 5.32 Å². The van der Waals surface area contributed by atoms with Gasteiger partial charge in [-0.05, 0) is 50.6 Å². The number of hydrogen-bond donors (Lipinski definition) is 1. The normalized spacial score (nSPS) is 11.5. The van der Waals surface area contributed by atoms with Gasteiger partial charge in [-0.1, -0.05) is 47.5 Å². The molecule has 154 valence electrons. The van der Waals surface area contributed by atoms with Gasteiger partial charge in [0.1, 0.15) is 5.78 Å². The van der Waals surface area contributed by atoms with Crippen LogP contribution >= 0.6 is 0 Å². The fourth-order valence-corrected chi connectivity index (χ4v) is 2.89. The Bertz CT molecular complexity index is 367. The summed E-state index contributed by atoms with van der Waals surface area (Å²) in [7, 11) is 0. The molecule has 0 aromatic heterocycles. The maximum absolute atomic E-state index is 11.9. The first-order valence-corrected chi connectivity index (χ1v) is 10.9. The molecule has 0 rings (SSSR count). The molecular weight excluding hydrogens is 324 g/mol. The molecule has 0 atom stereocenters. The third-order valence-corrected chi connectivity index (χ3v) is 4.70. The summed E-state index contributed by atoms with van der Waals surface area (Å²) in [5, 5.41) is 3.05. The lowest BCUT2D eigenvalue weighted by Crippen LogP contribution is -2.36. The van der Waals surface area contributed by atoms with Crippen LogP contribution in [0, 0.1) is 11.8 Å². The lowest BCUT2D eigenvalue weighted by atomic mass is 10.1. The van der Waals surface area contributed by atoms with Crippen LogP contribution in [0.3, 0.4) is 0 Å². The van der Waals surface area contributed by atoms with Gasteiger partial charge in [0.15, 0.2) is 0 Å². The Hall–Kier alpha value is -0.900. The van der Waals surface area contributed by atoms with Gasteiger partial charge in [0, 0.05) is 32.4 Å². The second kappa shape index (κ2) is 16.3. The number of unbranched alkanes of at least 4 members (excludes halogenated alkanes) is 1. The highest BCUT2D eigenvalue weighted by Crippen LogP contribution is 2.07. The van der Waals surface area contributed by atoms with Gasteiger partial charge in [-0.25, -0.2) is 0 Å². The van der Waals surface area contributed by atoms with Gasteiger partial charge in [0.2, 0.25) is 5.91 Å². The Morgan fingerprint density at radius 1 is 0.808 bits per heavy atom. The Morgan fingerprint density at radius 2 is 1.46 bits per heavy atom. The van der Waals surface area contributed by atoms with Crippen molar-refractivity contribution in [1.29, 1.82) is 0 Å². The third kappa shape index (κ3) is 16.6. The van der Waals surface area contributed by atoms with E-state index in [1.165, 1.54) is 0 Å². The van der Waals surface area contributed by atoms with Crippen molar-refractivity contribution in [1.82, 2.24) is 10.2 Å². The van der Waals surface area contributed by atoms with E-state index < -0.39 is 0 Å². The number of ketones is 1. The number of carbonyl (C=O) groups is 2. The van der Waals surface area contributed by atoms with Crippen LogP contribution in [-0.4, -0.2) is 42.8 Å². The van der Waals surface area contributed by atoms with Gasteiger partial charge in [0.25, 0.3) is 0 Å². The summed E-state index contributed by atoms with van der Waals surface area (Å²) < 4.78 is 0. The number of carbonyl (C=O) groups excluding carboxylic acids is 2. The van der Waals surface area contributed by atoms with Gasteiger partial charge >= 0.3 is 0 Å². The molecule has 0 aromatic carbocycles. The molecule has 0 heterocycles. The first kappa shape index (κ1) is 25.1. The van der Waals surface area contributed by atoms with Gasteiger partial charge in [-0.2, -0.15) is 0 Å². The maximum Gasteiger partial charge on any atom is 0.220 e. The van der Waals surface area contributed by atoms with Crippen LogP contribution in [0.25, 0.3) is 0 Å². The molecule has 4 nitrogen and oxygen atoms in total. The van der Waals surface area contributed by atoms with Crippen LogP contribution in [0.2, 0.25) is 0 Å². The fourth-order valence-electron chi connectivity index (χ4n) is 2.89. The van der Waals surface area contributed by atoms with Crippen LogP contribution in [0.4, 0.5) is 0 Å². The number of rotatable bonds is 17. The van der Waals surface area contributed by atoms with Crippen LogP contribution in [0.1, 0.15) is 92.4 Å². The number of amides is 1. The molecule has 0 aromatic rings. The molecule has 0 aliphatic carbocycles. The molecule has 0 radical (unpaired) electrons. The minimum Gasteiger partial charge on any atom is -0.355 e. The fraction of sp³-hybridized carbons (Fsp3) is 0.909. The molecule has 4 heteroatoms. The Balaban J connectivity index is 4.05. The Labute approximate surface area is 162 Å². The summed E-state index contributed by atoms with van der Waals surface area (Å²) >= 11 is 0. The third-order valence-electron chi connectivity index (χ3n) is 4.70. The molecule has 1 amide bonds. The summed E-state index contributed by atoms with van der Waals surface area (Å²) in [5.41, 5.74) is 0. The average Bonchev–Trinajstić information content (AvgIpc) is 2.56.